The van der Waals surface area contributed by atoms with Gasteiger partial charge in [-0.25, -0.2) is 0 Å². The van der Waals surface area contributed by atoms with Gasteiger partial charge in [-0.05, 0) is 95.4 Å². The van der Waals surface area contributed by atoms with Gasteiger partial charge in [0.2, 0.25) is 0 Å². The zero-order valence-corrected chi connectivity index (χ0v) is 27.3. The van der Waals surface area contributed by atoms with Crippen LogP contribution in [0.15, 0.2) is 198 Å². The van der Waals surface area contributed by atoms with Crippen molar-refractivity contribution in [1.29, 1.82) is 0 Å². The highest BCUT2D eigenvalue weighted by atomic mass is 16.3. The Bertz CT molecular complexity index is 3260. The fourth-order valence-corrected chi connectivity index (χ4v) is 7.56. The molecule has 0 saturated heterocycles. The molecule has 1 aromatic heterocycles. The second-order valence-corrected chi connectivity index (χ2v) is 12.6. The predicted octanol–water partition coefficient (Wildman–Crippen LogP) is 14.2. The number of furan rings is 1. The molecule has 0 amide bonds. The van der Waals surface area contributed by atoms with Crippen LogP contribution >= 0.6 is 0 Å². The first-order chi connectivity index (χ1) is 28.7. The molecular weight excluding hydrogens is 617 g/mol. The molecule has 238 valence electrons. The topological polar surface area (TPSA) is 13.1 Å². The van der Waals surface area contributed by atoms with Gasteiger partial charge >= 0.3 is 0 Å². The van der Waals surface area contributed by atoms with Gasteiger partial charge < -0.3 is 4.42 Å². The van der Waals surface area contributed by atoms with Gasteiger partial charge in [0.15, 0.2) is 0 Å². The van der Waals surface area contributed by atoms with E-state index in [1.54, 1.807) is 30.3 Å². The van der Waals surface area contributed by atoms with Crippen LogP contribution in [0, 0.1) is 0 Å². The molecule has 0 spiro atoms. The lowest BCUT2D eigenvalue weighted by atomic mass is 9.85. The van der Waals surface area contributed by atoms with Crippen molar-refractivity contribution in [2.45, 2.75) is 0 Å². The average Bonchev–Trinajstić information content (AvgIpc) is 3.66. The molecule has 1 heteroatoms. The number of hydrogen-bond acceptors (Lipinski definition) is 1. The highest BCUT2D eigenvalue weighted by molar-refractivity contribution is 6.23. The molecule has 1 nitrogen and oxygen atoms in total. The third-order valence-electron chi connectivity index (χ3n) is 9.72. The highest BCUT2D eigenvalue weighted by Gasteiger charge is 2.21. The molecule has 0 saturated carbocycles. The van der Waals surface area contributed by atoms with Crippen molar-refractivity contribution < 1.29 is 15.4 Å². The van der Waals surface area contributed by atoms with Crippen LogP contribution in [0.5, 0.6) is 0 Å². The molecule has 1 heterocycles. The number of benzene rings is 9. The van der Waals surface area contributed by atoms with Crippen LogP contribution < -0.4 is 0 Å². The zero-order chi connectivity index (χ0) is 40.7. The van der Waals surface area contributed by atoms with Crippen molar-refractivity contribution in [2.24, 2.45) is 0 Å². The summed E-state index contributed by atoms with van der Waals surface area (Å²) in [5.41, 5.74) is 9.09. The maximum atomic E-state index is 9.38. The van der Waals surface area contributed by atoms with Crippen LogP contribution in [0.3, 0.4) is 0 Å². The minimum absolute atomic E-state index is 0.168. The lowest BCUT2D eigenvalue weighted by Gasteiger charge is -2.18. The first-order valence-corrected chi connectivity index (χ1v) is 16.9. The summed E-state index contributed by atoms with van der Waals surface area (Å²) in [7, 11) is 0. The van der Waals surface area contributed by atoms with Gasteiger partial charge in [0.05, 0.1) is 11.0 Å². The van der Waals surface area contributed by atoms with Crippen molar-refractivity contribution in [3.05, 3.63) is 194 Å². The Morgan fingerprint density at radius 3 is 1.43 bits per heavy atom. The van der Waals surface area contributed by atoms with E-state index < -0.39 is 24.2 Å². The maximum absolute atomic E-state index is 9.38. The molecule has 0 atom stereocenters. The molecule has 0 aliphatic heterocycles. The fourth-order valence-electron chi connectivity index (χ4n) is 7.56. The summed E-state index contributed by atoms with van der Waals surface area (Å²) in [6.45, 7) is 0. The van der Waals surface area contributed by atoms with Gasteiger partial charge in [0.25, 0.3) is 0 Å². The van der Waals surface area contributed by atoms with Gasteiger partial charge in [0.1, 0.15) is 11.2 Å². The zero-order valence-electron chi connectivity index (χ0n) is 35.3. The van der Waals surface area contributed by atoms with Gasteiger partial charge in [0, 0.05) is 10.8 Å². The third-order valence-corrected chi connectivity index (χ3v) is 9.72. The van der Waals surface area contributed by atoms with Crippen molar-refractivity contribution in [2.75, 3.05) is 0 Å². The molecule has 0 N–H and O–H groups in total. The smallest absolute Gasteiger partial charge is 0.136 e. The summed E-state index contributed by atoms with van der Waals surface area (Å²) in [6.07, 6.45) is 0. The SMILES string of the molecule is [2H]c1c([2H])c([2H])c2c(-c3ccc4oc5cccc(-c6cccc(-c7ccccc7)c6-c6ccccc6)c5c4c3)c3c([2H])c([2H])c([2H])c([2H])c3c(-c3ccccc3)c2c1[2H]. The van der Waals surface area contributed by atoms with E-state index in [4.69, 9.17) is 9.90 Å². The van der Waals surface area contributed by atoms with Gasteiger partial charge in [-0.3, -0.25) is 0 Å². The van der Waals surface area contributed by atoms with E-state index in [1.165, 1.54) is 0 Å². The van der Waals surface area contributed by atoms with Gasteiger partial charge in [-0.1, -0.05) is 176 Å². The minimum Gasteiger partial charge on any atom is -0.456 e. The molecule has 10 aromatic rings. The lowest BCUT2D eigenvalue weighted by molar-refractivity contribution is 0.669. The minimum atomic E-state index is -0.438. The molecule has 9 aromatic carbocycles. The lowest BCUT2D eigenvalue weighted by Crippen LogP contribution is -1.91. The van der Waals surface area contributed by atoms with Crippen LogP contribution in [-0.4, -0.2) is 0 Å². The number of fused-ring (bicyclic) bond motifs is 5. The summed E-state index contributed by atoms with van der Waals surface area (Å²) in [5.74, 6) is 0. The molecule has 0 bridgehead atoms. The van der Waals surface area contributed by atoms with Crippen molar-refractivity contribution >= 4 is 43.5 Å². The first kappa shape index (κ1) is 22.1. The second kappa shape index (κ2) is 12.0. The average molecular weight is 657 g/mol. The second-order valence-electron chi connectivity index (χ2n) is 12.6. The van der Waals surface area contributed by atoms with Crippen LogP contribution in [0.25, 0.3) is 99.1 Å². The summed E-state index contributed by atoms with van der Waals surface area (Å²) >= 11 is 0. The maximum Gasteiger partial charge on any atom is 0.136 e. The Hall–Kier alpha value is -6.70. The molecule has 0 fully saturated rings. The molecular formula is C50H32O. The van der Waals surface area contributed by atoms with Crippen LogP contribution in [0.1, 0.15) is 11.0 Å². The largest absolute Gasteiger partial charge is 0.456 e. The predicted molar refractivity (Wildman–Crippen MR) is 216 cm³/mol. The Balaban J connectivity index is 1.35. The quantitative estimate of drug-likeness (QED) is 0.168. The van der Waals surface area contributed by atoms with Crippen molar-refractivity contribution in [3.63, 3.8) is 0 Å². The molecule has 0 aliphatic rings. The summed E-state index contributed by atoms with van der Waals surface area (Å²) in [5, 5.41) is 2.27. The van der Waals surface area contributed by atoms with Crippen LogP contribution in [0.2, 0.25) is 0 Å². The van der Waals surface area contributed by atoms with Gasteiger partial charge in [-0.15, -0.1) is 0 Å². The van der Waals surface area contributed by atoms with E-state index >= 15 is 0 Å². The van der Waals surface area contributed by atoms with Crippen LogP contribution in [-0.2, 0) is 0 Å². The molecule has 51 heavy (non-hydrogen) atoms. The van der Waals surface area contributed by atoms with E-state index in [9.17, 15) is 5.48 Å². The van der Waals surface area contributed by atoms with Gasteiger partial charge in [-0.2, -0.15) is 0 Å². The normalized spacial score (nSPS) is 13.7. The monoisotopic (exact) mass is 656 g/mol. The van der Waals surface area contributed by atoms with Crippen molar-refractivity contribution in [1.82, 2.24) is 0 Å². The Morgan fingerprint density at radius 1 is 0.333 bits per heavy atom. The Kier molecular flexibility index (Phi) is 5.21. The number of hydrogen-bond donors (Lipinski definition) is 0. The first-order valence-electron chi connectivity index (χ1n) is 20.9. The standard InChI is InChI=1S/C50H32O/c1-4-16-33(17-5-1)37-26-14-27-42(47(37)34-18-6-2-7-19-34)43-28-15-29-46-50(43)44-32-36(30-31-45(44)51-46)49-40-24-12-10-22-38(40)48(35-20-8-3-9-21-35)39-23-11-13-25-41(39)49/h1-32H/i10D,11D,12D,13D,22D,23D,24D,25D. The Morgan fingerprint density at radius 2 is 0.824 bits per heavy atom. The summed E-state index contributed by atoms with van der Waals surface area (Å²) in [6, 6.07) is 44.5. The number of rotatable bonds is 5. The van der Waals surface area contributed by atoms with E-state index in [2.05, 4.69) is 48.5 Å². The third kappa shape index (κ3) is 4.78. The summed E-state index contributed by atoms with van der Waals surface area (Å²) in [4.78, 5) is 0. The molecule has 0 unspecified atom stereocenters. The molecule has 0 aliphatic carbocycles. The fraction of sp³-hybridized carbons (Fsp3) is 0. The van der Waals surface area contributed by atoms with E-state index in [0.717, 1.165) is 44.2 Å². The van der Waals surface area contributed by atoms with Crippen LogP contribution in [0.4, 0.5) is 0 Å². The summed E-state index contributed by atoms with van der Waals surface area (Å²) < 4.78 is 79.0. The van der Waals surface area contributed by atoms with E-state index in [0.29, 0.717) is 33.4 Å². The molecule has 0 radical (unpaired) electrons. The molecule has 10 rings (SSSR count). The Labute approximate surface area is 307 Å². The van der Waals surface area contributed by atoms with Crippen molar-refractivity contribution in [3.8, 4) is 55.6 Å². The van der Waals surface area contributed by atoms with E-state index in [-0.39, 0.29) is 45.7 Å². The van der Waals surface area contributed by atoms with E-state index in [1.807, 2.05) is 66.7 Å². The highest BCUT2D eigenvalue weighted by Crippen LogP contribution is 2.47.